The zero-order chi connectivity index (χ0) is 33.7. The summed E-state index contributed by atoms with van der Waals surface area (Å²) in [6.45, 7) is 9.51. The molecule has 2 amide bonds. The van der Waals surface area contributed by atoms with E-state index in [2.05, 4.69) is 20.8 Å². The number of rotatable bonds is 34. The quantitative estimate of drug-likeness (QED) is 0.0413. The average molecular weight is 678 g/mol. The van der Waals surface area contributed by atoms with Gasteiger partial charge in [0.15, 0.2) is 0 Å². The molecule has 0 aromatic heterocycles. The van der Waals surface area contributed by atoms with Crippen LogP contribution in [0.3, 0.4) is 0 Å². The average Bonchev–Trinajstić information content (AvgIpc) is 3.09. The number of amides is 2. The molecule has 0 aliphatic heterocycles. The molecule has 0 heterocycles. The summed E-state index contributed by atoms with van der Waals surface area (Å²) in [7, 11) is 0. The van der Waals surface area contributed by atoms with E-state index in [-0.39, 0.29) is 16.9 Å². The fourth-order valence-corrected chi connectivity index (χ4v) is 6.36. The van der Waals surface area contributed by atoms with Crippen molar-refractivity contribution in [2.75, 3.05) is 6.54 Å². The number of hydrogen-bond acceptors (Lipinski definition) is 2. The number of carbonyl (C=O) groups is 2. The maximum atomic E-state index is 11.6. The molecule has 0 atom stereocenters. The van der Waals surface area contributed by atoms with Crippen LogP contribution in [0.15, 0.2) is 30.3 Å². The minimum atomic E-state index is -0.109. The molecular formula is C43H79ClNO2. The van der Waals surface area contributed by atoms with E-state index in [1.165, 1.54) is 173 Å². The Morgan fingerprint density at radius 2 is 0.766 bits per heavy atom. The third-order valence-corrected chi connectivity index (χ3v) is 9.52. The van der Waals surface area contributed by atoms with Crippen molar-refractivity contribution in [3.63, 3.8) is 0 Å². The Labute approximate surface area is 300 Å². The van der Waals surface area contributed by atoms with E-state index in [0.717, 1.165) is 37.6 Å². The molecule has 0 saturated heterocycles. The fourth-order valence-electron chi connectivity index (χ4n) is 6.36. The number of halogens is 1. The second kappa shape index (κ2) is 39.3. The topological polar surface area (TPSA) is 34.1 Å². The SMILES string of the molecule is CCCCCCCCCCCCCCCCCC[N+](C=O)(C=O)Cc1ccccc1.[CH2]CCCCCCCCCCCCCCC.[Cl-]. The number of hydrogen-bond donors (Lipinski definition) is 0. The highest BCUT2D eigenvalue weighted by Crippen LogP contribution is 2.16. The minimum Gasteiger partial charge on any atom is -1.00 e. The highest BCUT2D eigenvalue weighted by molar-refractivity contribution is 5.55. The van der Waals surface area contributed by atoms with Gasteiger partial charge in [-0.2, -0.15) is 4.48 Å². The van der Waals surface area contributed by atoms with Crippen molar-refractivity contribution < 1.29 is 26.5 Å². The molecule has 3 nitrogen and oxygen atoms in total. The monoisotopic (exact) mass is 677 g/mol. The second-order valence-corrected chi connectivity index (χ2v) is 14.1. The van der Waals surface area contributed by atoms with Crippen LogP contribution in [0.1, 0.15) is 212 Å². The Morgan fingerprint density at radius 1 is 0.468 bits per heavy atom. The lowest BCUT2D eigenvalue weighted by Gasteiger charge is -2.24. The molecule has 1 aromatic carbocycles. The number of imide groups is 1. The maximum absolute atomic E-state index is 11.6. The first kappa shape index (κ1) is 47.9. The number of carbonyl (C=O) groups excluding carboxylic acids is 2. The Balaban J connectivity index is 0. The van der Waals surface area contributed by atoms with Gasteiger partial charge < -0.3 is 12.4 Å². The van der Waals surface area contributed by atoms with E-state index >= 15 is 0 Å². The first-order valence-electron chi connectivity index (χ1n) is 20.3. The Morgan fingerprint density at radius 3 is 1.06 bits per heavy atom. The molecule has 4 heteroatoms. The molecule has 0 spiro atoms. The van der Waals surface area contributed by atoms with Crippen LogP contribution in [0.2, 0.25) is 0 Å². The lowest BCUT2D eigenvalue weighted by atomic mass is 10.0. The van der Waals surface area contributed by atoms with E-state index < -0.39 is 0 Å². The van der Waals surface area contributed by atoms with Gasteiger partial charge in [0.2, 0.25) is 0 Å². The summed E-state index contributed by atoms with van der Waals surface area (Å²) in [6, 6.07) is 9.82. The summed E-state index contributed by atoms with van der Waals surface area (Å²) < 4.78 is -0.109. The largest absolute Gasteiger partial charge is 1.00 e. The van der Waals surface area contributed by atoms with Crippen molar-refractivity contribution in [1.29, 1.82) is 0 Å². The number of unbranched alkanes of at least 4 members (excludes halogenated alkanes) is 28. The van der Waals surface area contributed by atoms with E-state index in [1.54, 1.807) is 0 Å². The van der Waals surface area contributed by atoms with Gasteiger partial charge >= 0.3 is 12.8 Å². The normalized spacial score (nSPS) is 11.0. The molecule has 47 heavy (non-hydrogen) atoms. The summed E-state index contributed by atoms with van der Waals surface area (Å²) >= 11 is 0. The van der Waals surface area contributed by atoms with Crippen LogP contribution in [0.25, 0.3) is 0 Å². The third-order valence-electron chi connectivity index (χ3n) is 9.52. The van der Waals surface area contributed by atoms with Gasteiger partial charge in [-0.15, -0.1) is 0 Å². The zero-order valence-corrected chi connectivity index (χ0v) is 32.3. The van der Waals surface area contributed by atoms with Crippen LogP contribution in [-0.4, -0.2) is 23.8 Å². The van der Waals surface area contributed by atoms with Crippen LogP contribution in [0, 0.1) is 6.92 Å². The smallest absolute Gasteiger partial charge is 0.308 e. The van der Waals surface area contributed by atoms with Gasteiger partial charge in [0.1, 0.15) is 6.54 Å². The van der Waals surface area contributed by atoms with Crippen molar-refractivity contribution >= 4 is 12.8 Å². The summed E-state index contributed by atoms with van der Waals surface area (Å²) in [4.78, 5) is 23.2. The molecule has 275 valence electrons. The number of benzene rings is 1. The van der Waals surface area contributed by atoms with Gasteiger partial charge in [0.25, 0.3) is 0 Å². The predicted octanol–water partition coefficient (Wildman–Crippen LogP) is 10.9. The molecule has 1 aromatic rings. The predicted molar refractivity (Wildman–Crippen MR) is 203 cm³/mol. The molecule has 1 rings (SSSR count). The van der Waals surface area contributed by atoms with Crippen molar-refractivity contribution in [3.8, 4) is 0 Å². The van der Waals surface area contributed by atoms with Crippen LogP contribution < -0.4 is 12.4 Å². The van der Waals surface area contributed by atoms with Crippen LogP contribution >= 0.6 is 0 Å². The molecule has 0 aliphatic rings. The maximum Gasteiger partial charge on any atom is 0.308 e. The lowest BCUT2D eigenvalue weighted by molar-refractivity contribution is -0.774. The van der Waals surface area contributed by atoms with E-state index in [0.29, 0.717) is 13.1 Å². The molecule has 1 radical (unpaired) electrons. The number of quaternary nitrogens is 1. The van der Waals surface area contributed by atoms with Crippen LogP contribution in [-0.2, 0) is 16.1 Å². The summed E-state index contributed by atoms with van der Waals surface area (Å²) in [5, 5.41) is 0. The number of nitrogens with zero attached hydrogens (tertiary/aromatic N) is 1. The van der Waals surface area contributed by atoms with E-state index in [1.807, 2.05) is 30.3 Å². The Bertz CT molecular complexity index is 719. The van der Waals surface area contributed by atoms with E-state index in [9.17, 15) is 9.59 Å². The van der Waals surface area contributed by atoms with Crippen LogP contribution in [0.4, 0.5) is 0 Å². The molecule has 0 aliphatic carbocycles. The third kappa shape index (κ3) is 33.1. The van der Waals surface area contributed by atoms with Gasteiger partial charge in [-0.3, -0.25) is 0 Å². The standard InChI is InChI=1S/C27H46NO2.C16H33.ClH/c1-2-3-4-5-6-7-8-9-10-11-12-13-14-15-16-20-23-28(25-29,26-30)24-27-21-18-17-19-22-27;1-3-5-7-9-11-13-15-16-14-12-10-8-6-4-2;/h17-19,21-22,25-26H,2-16,20,23-24H2,1H3;1,3-16H2,2H3;1H/q+1;;/p-1. The van der Waals surface area contributed by atoms with Gasteiger partial charge in [-0.1, -0.05) is 231 Å². The highest BCUT2D eigenvalue weighted by atomic mass is 35.5. The molecule has 0 bridgehead atoms. The highest BCUT2D eigenvalue weighted by Gasteiger charge is 2.26. The molecular weight excluding hydrogens is 598 g/mol. The Hall–Kier alpha value is -1.19. The second-order valence-electron chi connectivity index (χ2n) is 14.1. The van der Waals surface area contributed by atoms with Gasteiger partial charge in [0, 0.05) is 5.56 Å². The summed E-state index contributed by atoms with van der Waals surface area (Å²) in [6.07, 6.45) is 42.7. The van der Waals surface area contributed by atoms with Crippen molar-refractivity contribution in [3.05, 3.63) is 42.8 Å². The van der Waals surface area contributed by atoms with E-state index in [4.69, 9.17) is 0 Å². The van der Waals surface area contributed by atoms with Crippen molar-refractivity contribution in [2.24, 2.45) is 0 Å². The molecule has 0 fully saturated rings. The van der Waals surface area contributed by atoms with Gasteiger partial charge in [-0.25, -0.2) is 9.59 Å². The summed E-state index contributed by atoms with van der Waals surface area (Å²) in [5.41, 5.74) is 1.04. The minimum absolute atomic E-state index is 0. The molecule has 0 N–H and O–H groups in total. The molecule has 0 saturated carbocycles. The molecule has 0 unspecified atom stereocenters. The Kier molecular flexibility index (Phi) is 40.0. The van der Waals surface area contributed by atoms with Gasteiger partial charge in [-0.05, 0) is 12.8 Å². The van der Waals surface area contributed by atoms with Gasteiger partial charge in [0.05, 0.1) is 6.54 Å². The fraction of sp³-hybridized carbons (Fsp3) is 0.791. The van der Waals surface area contributed by atoms with Crippen LogP contribution in [0.5, 0.6) is 0 Å². The van der Waals surface area contributed by atoms with Crippen molar-refractivity contribution in [1.82, 2.24) is 0 Å². The first-order valence-corrected chi connectivity index (χ1v) is 20.3. The zero-order valence-electron chi connectivity index (χ0n) is 31.5. The van der Waals surface area contributed by atoms with Crippen molar-refractivity contribution in [2.45, 2.75) is 213 Å². The lowest BCUT2D eigenvalue weighted by Crippen LogP contribution is -3.00. The first-order chi connectivity index (χ1) is 22.7. The summed E-state index contributed by atoms with van der Waals surface area (Å²) in [5.74, 6) is 0.